The molecular weight excluding hydrogens is 342 g/mol. The molecule has 2 aromatic rings. The molecule has 2 aromatic heterocycles. The molecule has 7 nitrogen and oxygen atoms in total. The van der Waals surface area contributed by atoms with Gasteiger partial charge in [-0.1, -0.05) is 0 Å². The first kappa shape index (κ1) is 17.2. The number of imidazole rings is 1. The molecule has 0 spiro atoms. The monoisotopic (exact) mass is 369 g/mol. The second-order valence-electron chi connectivity index (χ2n) is 7.94. The van der Waals surface area contributed by atoms with E-state index in [1.165, 1.54) is 12.1 Å². The van der Waals surface area contributed by atoms with Crippen LogP contribution in [0.4, 0.5) is 0 Å². The first-order valence-corrected chi connectivity index (χ1v) is 10.1. The average molecular weight is 369 g/mol. The molecule has 0 aromatic carbocycles. The van der Waals surface area contributed by atoms with E-state index in [1.54, 1.807) is 6.20 Å². The molecule has 2 bridgehead atoms. The van der Waals surface area contributed by atoms with Crippen molar-refractivity contribution in [3.8, 4) is 11.4 Å². The van der Waals surface area contributed by atoms with Gasteiger partial charge in [-0.2, -0.15) is 0 Å². The van der Waals surface area contributed by atoms with Gasteiger partial charge in [-0.05, 0) is 31.0 Å². The molecule has 5 heterocycles. The van der Waals surface area contributed by atoms with Crippen molar-refractivity contribution in [3.05, 3.63) is 40.6 Å². The Bertz CT molecular complexity index is 867. The lowest BCUT2D eigenvalue weighted by atomic mass is 9.84. The van der Waals surface area contributed by atoms with Crippen LogP contribution in [0.1, 0.15) is 18.0 Å². The summed E-state index contributed by atoms with van der Waals surface area (Å²) in [5, 5.41) is 3.50. The van der Waals surface area contributed by atoms with Gasteiger partial charge in [0.05, 0.1) is 18.8 Å². The number of morpholine rings is 1. The van der Waals surface area contributed by atoms with Crippen molar-refractivity contribution in [2.24, 2.45) is 5.92 Å². The summed E-state index contributed by atoms with van der Waals surface area (Å²) in [4.78, 5) is 20.2. The van der Waals surface area contributed by atoms with Gasteiger partial charge in [0.15, 0.2) is 0 Å². The third-order valence-electron chi connectivity index (χ3n) is 6.23. The summed E-state index contributed by atoms with van der Waals surface area (Å²) in [5.74, 6) is 1.81. The standard InChI is InChI=1S/C20H27N5O2/c26-20-17(1-2-18-16-11-15(12-21-13-16)14-25(18)20)19-22-3-4-24(19)6-5-23-7-9-27-10-8-23/h1-4,15-16,21H,5-14H2/t15-,16+/m0/s1. The van der Waals surface area contributed by atoms with Gasteiger partial charge >= 0.3 is 0 Å². The zero-order valence-electron chi connectivity index (χ0n) is 15.6. The van der Waals surface area contributed by atoms with Crippen LogP contribution in [-0.4, -0.2) is 65.0 Å². The molecule has 0 saturated carbocycles. The Morgan fingerprint density at radius 1 is 1.19 bits per heavy atom. The largest absolute Gasteiger partial charge is 0.379 e. The van der Waals surface area contributed by atoms with Gasteiger partial charge in [-0.25, -0.2) is 4.98 Å². The molecular formula is C20H27N5O2. The van der Waals surface area contributed by atoms with Crippen molar-refractivity contribution in [2.45, 2.75) is 25.4 Å². The van der Waals surface area contributed by atoms with E-state index >= 15 is 0 Å². The molecule has 2 fully saturated rings. The van der Waals surface area contributed by atoms with Gasteiger partial charge in [0.1, 0.15) is 5.82 Å². The lowest BCUT2D eigenvalue weighted by molar-refractivity contribution is 0.0364. The second-order valence-corrected chi connectivity index (χ2v) is 7.94. The maximum atomic E-state index is 13.3. The first-order chi connectivity index (χ1) is 13.3. The summed E-state index contributed by atoms with van der Waals surface area (Å²) in [6.07, 6.45) is 4.98. The Morgan fingerprint density at radius 3 is 2.96 bits per heavy atom. The maximum Gasteiger partial charge on any atom is 0.261 e. The van der Waals surface area contributed by atoms with Crippen molar-refractivity contribution < 1.29 is 4.74 Å². The third kappa shape index (κ3) is 3.24. The van der Waals surface area contributed by atoms with Crippen LogP contribution in [0.3, 0.4) is 0 Å². The topological polar surface area (TPSA) is 64.3 Å². The minimum absolute atomic E-state index is 0.114. The fourth-order valence-electron chi connectivity index (χ4n) is 4.77. The van der Waals surface area contributed by atoms with Crippen LogP contribution in [0.25, 0.3) is 11.4 Å². The first-order valence-electron chi connectivity index (χ1n) is 10.1. The van der Waals surface area contributed by atoms with E-state index in [0.717, 1.165) is 70.4 Å². The van der Waals surface area contributed by atoms with Crippen molar-refractivity contribution in [2.75, 3.05) is 45.9 Å². The van der Waals surface area contributed by atoms with Gasteiger partial charge in [0.25, 0.3) is 5.56 Å². The van der Waals surface area contributed by atoms with Gasteiger partial charge in [-0.3, -0.25) is 9.69 Å². The molecule has 2 atom stereocenters. The van der Waals surface area contributed by atoms with Crippen LogP contribution in [0.5, 0.6) is 0 Å². The number of piperidine rings is 1. The molecule has 3 aliphatic rings. The highest BCUT2D eigenvalue weighted by Gasteiger charge is 2.31. The fourth-order valence-corrected chi connectivity index (χ4v) is 4.77. The fraction of sp³-hybridized carbons (Fsp3) is 0.600. The lowest BCUT2D eigenvalue weighted by Crippen LogP contribution is -2.45. The SMILES string of the molecule is O=c1c(-c2nccn2CCN2CCOCC2)ccc2n1C[C@@H]1CNC[C@H]2C1. The molecule has 1 N–H and O–H groups in total. The molecule has 5 rings (SSSR count). The van der Waals surface area contributed by atoms with E-state index in [-0.39, 0.29) is 5.56 Å². The predicted molar refractivity (Wildman–Crippen MR) is 103 cm³/mol. The number of rotatable bonds is 4. The van der Waals surface area contributed by atoms with Crippen molar-refractivity contribution in [3.63, 3.8) is 0 Å². The number of aromatic nitrogens is 3. The number of ether oxygens (including phenoxy) is 1. The van der Waals surface area contributed by atoms with Crippen LogP contribution < -0.4 is 10.9 Å². The van der Waals surface area contributed by atoms with E-state index in [0.29, 0.717) is 11.8 Å². The van der Waals surface area contributed by atoms with E-state index in [1.807, 2.05) is 16.8 Å². The third-order valence-corrected chi connectivity index (χ3v) is 6.23. The summed E-state index contributed by atoms with van der Waals surface area (Å²) in [5.41, 5.74) is 2.01. The minimum atomic E-state index is 0.114. The highest BCUT2D eigenvalue weighted by Crippen LogP contribution is 2.32. The summed E-state index contributed by atoms with van der Waals surface area (Å²) in [6, 6.07) is 4.13. The second kappa shape index (κ2) is 7.22. The molecule has 0 aliphatic carbocycles. The number of nitrogens with zero attached hydrogens (tertiary/aromatic N) is 4. The zero-order valence-corrected chi connectivity index (χ0v) is 15.6. The van der Waals surface area contributed by atoms with E-state index < -0.39 is 0 Å². The quantitative estimate of drug-likeness (QED) is 0.862. The lowest BCUT2D eigenvalue weighted by Gasteiger charge is -2.37. The number of pyridine rings is 1. The Kier molecular flexibility index (Phi) is 4.59. The van der Waals surface area contributed by atoms with Crippen LogP contribution in [-0.2, 0) is 17.8 Å². The van der Waals surface area contributed by atoms with Gasteiger partial charge < -0.3 is 19.2 Å². The molecule has 2 saturated heterocycles. The summed E-state index contributed by atoms with van der Waals surface area (Å²) in [7, 11) is 0. The highest BCUT2D eigenvalue weighted by atomic mass is 16.5. The van der Waals surface area contributed by atoms with Crippen molar-refractivity contribution in [1.29, 1.82) is 0 Å². The van der Waals surface area contributed by atoms with Crippen molar-refractivity contribution >= 4 is 0 Å². The predicted octanol–water partition coefficient (Wildman–Crippen LogP) is 0.751. The van der Waals surface area contributed by atoms with E-state index in [4.69, 9.17) is 4.74 Å². The van der Waals surface area contributed by atoms with Gasteiger partial charge in [-0.15, -0.1) is 0 Å². The smallest absolute Gasteiger partial charge is 0.261 e. The molecule has 0 unspecified atom stereocenters. The average Bonchev–Trinajstić information content (AvgIpc) is 3.17. The number of hydrogen-bond donors (Lipinski definition) is 1. The summed E-state index contributed by atoms with van der Waals surface area (Å²) >= 11 is 0. The van der Waals surface area contributed by atoms with E-state index in [2.05, 4.69) is 25.8 Å². The molecule has 0 radical (unpaired) electrons. The minimum Gasteiger partial charge on any atom is -0.379 e. The molecule has 0 amide bonds. The normalized spacial score (nSPS) is 25.3. The Labute approximate surface area is 159 Å². The van der Waals surface area contributed by atoms with Crippen LogP contribution in [0.2, 0.25) is 0 Å². The number of nitrogens with one attached hydrogen (secondary N) is 1. The Balaban J connectivity index is 1.42. The Morgan fingerprint density at radius 2 is 2.07 bits per heavy atom. The zero-order chi connectivity index (χ0) is 18.2. The number of hydrogen-bond acceptors (Lipinski definition) is 5. The van der Waals surface area contributed by atoms with Gasteiger partial charge in [0, 0.05) is 63.3 Å². The highest BCUT2D eigenvalue weighted by molar-refractivity contribution is 5.54. The molecule has 3 aliphatic heterocycles. The van der Waals surface area contributed by atoms with Crippen LogP contribution in [0, 0.1) is 5.92 Å². The van der Waals surface area contributed by atoms with E-state index in [9.17, 15) is 4.79 Å². The maximum absolute atomic E-state index is 13.3. The molecule has 7 heteroatoms. The van der Waals surface area contributed by atoms with Crippen LogP contribution in [0.15, 0.2) is 29.3 Å². The molecule has 144 valence electrons. The molecule has 27 heavy (non-hydrogen) atoms. The number of fused-ring (bicyclic) bond motifs is 4. The van der Waals surface area contributed by atoms with Gasteiger partial charge in [0.2, 0.25) is 0 Å². The van der Waals surface area contributed by atoms with Crippen molar-refractivity contribution in [1.82, 2.24) is 24.3 Å². The summed E-state index contributed by atoms with van der Waals surface area (Å²) in [6.45, 7) is 8.16. The van der Waals surface area contributed by atoms with Crippen LogP contribution >= 0.6 is 0 Å². The summed E-state index contributed by atoms with van der Waals surface area (Å²) < 4.78 is 9.55. The Hall–Kier alpha value is -1.96.